The molecule has 0 aliphatic rings. The van der Waals surface area contributed by atoms with Crippen LogP contribution in [0.25, 0.3) is 0 Å². The number of sulfonamides is 1. The number of benzene rings is 2. The zero-order valence-corrected chi connectivity index (χ0v) is 14.4. The van der Waals surface area contributed by atoms with Crippen LogP contribution in [-0.4, -0.2) is 26.1 Å². The largest absolute Gasteiger partial charge is 0.478 e. The quantitative estimate of drug-likeness (QED) is 0.746. The molecule has 0 spiro atoms. The van der Waals surface area contributed by atoms with Crippen LogP contribution in [0.1, 0.15) is 10.4 Å². The summed E-state index contributed by atoms with van der Waals surface area (Å²) in [7, 11) is -4.16. The van der Waals surface area contributed by atoms with Crippen LogP contribution in [0.3, 0.4) is 0 Å². The van der Waals surface area contributed by atoms with Gasteiger partial charge in [0, 0.05) is 0 Å². The van der Waals surface area contributed by atoms with Crippen LogP contribution in [-0.2, 0) is 10.0 Å². The van der Waals surface area contributed by atoms with E-state index in [0.717, 1.165) is 36.4 Å². The number of hydrogen-bond acceptors (Lipinski definition) is 4. The summed E-state index contributed by atoms with van der Waals surface area (Å²) in [5, 5.41) is 8.64. The van der Waals surface area contributed by atoms with Crippen molar-refractivity contribution in [2.75, 3.05) is 4.72 Å². The number of alkyl halides is 2. The normalized spacial score (nSPS) is 11.4. The number of anilines is 1. The van der Waals surface area contributed by atoms with E-state index in [1.165, 1.54) is 0 Å². The van der Waals surface area contributed by atoms with Crippen molar-refractivity contribution >= 4 is 44.9 Å². The molecule has 2 aromatic rings. The van der Waals surface area contributed by atoms with E-state index >= 15 is 0 Å². The minimum Gasteiger partial charge on any atom is -0.478 e. The summed E-state index contributed by atoms with van der Waals surface area (Å²) in [4.78, 5) is 10.7. The van der Waals surface area contributed by atoms with Crippen LogP contribution in [0.5, 0.6) is 5.75 Å². The molecular formula is C14H9Cl2F2NO5S. The molecule has 0 atom stereocenters. The van der Waals surface area contributed by atoms with Crippen molar-refractivity contribution in [3.63, 3.8) is 0 Å². The van der Waals surface area contributed by atoms with E-state index in [-0.39, 0.29) is 31.9 Å². The first-order chi connectivity index (χ1) is 11.6. The van der Waals surface area contributed by atoms with Crippen LogP contribution >= 0.6 is 23.2 Å². The van der Waals surface area contributed by atoms with Crippen LogP contribution in [0, 0.1) is 0 Å². The second-order valence-electron chi connectivity index (χ2n) is 4.58. The van der Waals surface area contributed by atoms with Crippen molar-refractivity contribution < 1.29 is 31.8 Å². The topological polar surface area (TPSA) is 92.7 Å². The van der Waals surface area contributed by atoms with Crippen molar-refractivity contribution in [2.24, 2.45) is 0 Å². The van der Waals surface area contributed by atoms with Gasteiger partial charge in [-0.2, -0.15) is 8.78 Å². The fourth-order valence-corrected chi connectivity index (χ4v) is 3.30. The van der Waals surface area contributed by atoms with Gasteiger partial charge in [0.1, 0.15) is 5.75 Å². The van der Waals surface area contributed by atoms with E-state index in [4.69, 9.17) is 28.3 Å². The number of aromatic carboxylic acids is 1. The molecule has 0 heterocycles. The Morgan fingerprint density at radius 3 is 2.36 bits per heavy atom. The molecule has 0 radical (unpaired) electrons. The van der Waals surface area contributed by atoms with E-state index in [0.29, 0.717) is 0 Å². The molecule has 0 aliphatic carbocycles. The molecule has 11 heteroatoms. The Bertz CT molecular complexity index is 921. The van der Waals surface area contributed by atoms with E-state index in [9.17, 15) is 22.0 Å². The van der Waals surface area contributed by atoms with Gasteiger partial charge in [0.25, 0.3) is 10.0 Å². The Kier molecular flexibility index (Phi) is 5.71. The van der Waals surface area contributed by atoms with Crippen molar-refractivity contribution in [1.29, 1.82) is 0 Å². The van der Waals surface area contributed by atoms with Gasteiger partial charge in [-0.05, 0) is 36.4 Å². The molecule has 134 valence electrons. The molecule has 6 nitrogen and oxygen atoms in total. The van der Waals surface area contributed by atoms with Gasteiger partial charge in [0.2, 0.25) is 0 Å². The molecule has 0 unspecified atom stereocenters. The fraction of sp³-hybridized carbons (Fsp3) is 0.0714. The third-order valence-electron chi connectivity index (χ3n) is 2.88. The average Bonchev–Trinajstić information content (AvgIpc) is 2.49. The lowest BCUT2D eigenvalue weighted by Gasteiger charge is -2.11. The molecule has 0 saturated heterocycles. The fourth-order valence-electron chi connectivity index (χ4n) is 1.81. The van der Waals surface area contributed by atoms with Gasteiger partial charge in [0.05, 0.1) is 26.2 Å². The predicted octanol–water partition coefficient (Wildman–Crippen LogP) is 4.09. The molecule has 0 aliphatic heterocycles. The lowest BCUT2D eigenvalue weighted by Crippen LogP contribution is -2.14. The van der Waals surface area contributed by atoms with Crippen molar-refractivity contribution in [2.45, 2.75) is 11.5 Å². The molecule has 25 heavy (non-hydrogen) atoms. The monoisotopic (exact) mass is 411 g/mol. The zero-order chi connectivity index (χ0) is 18.8. The average molecular weight is 412 g/mol. The minimum atomic E-state index is -4.16. The lowest BCUT2D eigenvalue weighted by atomic mass is 10.2. The first-order valence-corrected chi connectivity index (χ1v) is 8.64. The van der Waals surface area contributed by atoms with E-state index < -0.39 is 22.6 Å². The van der Waals surface area contributed by atoms with Crippen LogP contribution in [0.2, 0.25) is 10.0 Å². The van der Waals surface area contributed by atoms with Gasteiger partial charge in [-0.3, -0.25) is 4.72 Å². The summed E-state index contributed by atoms with van der Waals surface area (Å²) in [5.41, 5.74) is -0.415. The second kappa shape index (κ2) is 7.42. The molecule has 0 fully saturated rings. The standard InChI is InChI=1S/C14H9Cl2F2NO5S/c15-10-3-2-8(6-9(10)13(20)21)25(22,23)19-7-1-4-12(11(16)5-7)24-14(17)18/h1-6,14,19H,(H,20,21). The van der Waals surface area contributed by atoms with Gasteiger partial charge < -0.3 is 9.84 Å². The summed E-state index contributed by atoms with van der Waals surface area (Å²) in [6, 6.07) is 6.44. The first-order valence-electron chi connectivity index (χ1n) is 6.40. The van der Waals surface area contributed by atoms with Gasteiger partial charge in [-0.1, -0.05) is 23.2 Å². The smallest absolute Gasteiger partial charge is 0.387 e. The molecule has 0 saturated carbocycles. The number of rotatable bonds is 6. The molecule has 0 aromatic heterocycles. The van der Waals surface area contributed by atoms with Crippen molar-refractivity contribution in [3.05, 3.63) is 52.0 Å². The van der Waals surface area contributed by atoms with Crippen LogP contribution in [0.4, 0.5) is 14.5 Å². The SMILES string of the molecule is O=C(O)c1cc(S(=O)(=O)Nc2ccc(OC(F)F)c(Cl)c2)ccc1Cl. The maximum Gasteiger partial charge on any atom is 0.387 e. The summed E-state index contributed by atoms with van der Waals surface area (Å²) in [5.74, 6) is -1.71. The summed E-state index contributed by atoms with van der Waals surface area (Å²) < 4.78 is 55.3. The van der Waals surface area contributed by atoms with Gasteiger partial charge in [-0.15, -0.1) is 0 Å². The summed E-state index contributed by atoms with van der Waals surface area (Å²) in [6.07, 6.45) is 0. The molecule has 0 bridgehead atoms. The van der Waals surface area contributed by atoms with E-state index in [2.05, 4.69) is 9.46 Å². The third-order valence-corrected chi connectivity index (χ3v) is 4.88. The summed E-state index contributed by atoms with van der Waals surface area (Å²) >= 11 is 11.4. The first kappa shape index (κ1) is 19.2. The van der Waals surface area contributed by atoms with Crippen LogP contribution < -0.4 is 9.46 Å². The molecular weight excluding hydrogens is 403 g/mol. The van der Waals surface area contributed by atoms with Crippen molar-refractivity contribution in [1.82, 2.24) is 0 Å². The number of carbonyl (C=O) groups is 1. The lowest BCUT2D eigenvalue weighted by molar-refractivity contribution is -0.0497. The molecule has 2 aromatic carbocycles. The Hall–Kier alpha value is -2.10. The highest BCUT2D eigenvalue weighted by Crippen LogP contribution is 2.30. The second-order valence-corrected chi connectivity index (χ2v) is 7.07. The zero-order valence-electron chi connectivity index (χ0n) is 12.0. The number of carboxylic acids is 1. The van der Waals surface area contributed by atoms with Gasteiger partial charge >= 0.3 is 12.6 Å². The highest BCUT2D eigenvalue weighted by molar-refractivity contribution is 7.92. The number of carboxylic acid groups (broad SMARTS) is 1. The molecule has 0 amide bonds. The highest BCUT2D eigenvalue weighted by atomic mass is 35.5. The maximum atomic E-state index is 12.3. The number of ether oxygens (including phenoxy) is 1. The highest BCUT2D eigenvalue weighted by Gasteiger charge is 2.19. The molecule has 2 N–H and O–H groups in total. The predicted molar refractivity (Wildman–Crippen MR) is 87.3 cm³/mol. The Morgan fingerprint density at radius 2 is 1.80 bits per heavy atom. The number of halogens is 4. The van der Waals surface area contributed by atoms with Crippen molar-refractivity contribution in [3.8, 4) is 5.75 Å². The van der Waals surface area contributed by atoms with E-state index in [1.54, 1.807) is 0 Å². The summed E-state index contributed by atoms with van der Waals surface area (Å²) in [6.45, 7) is -3.08. The Morgan fingerprint density at radius 1 is 1.12 bits per heavy atom. The van der Waals surface area contributed by atoms with Gasteiger partial charge in [-0.25, -0.2) is 13.2 Å². The number of hydrogen-bond donors (Lipinski definition) is 2. The third kappa shape index (κ3) is 4.71. The maximum absolute atomic E-state index is 12.3. The molecule has 2 rings (SSSR count). The number of nitrogens with one attached hydrogen (secondary N) is 1. The van der Waals surface area contributed by atoms with Crippen LogP contribution in [0.15, 0.2) is 41.3 Å². The van der Waals surface area contributed by atoms with Gasteiger partial charge in [0.15, 0.2) is 0 Å². The van der Waals surface area contributed by atoms with E-state index in [1.807, 2.05) is 0 Å². The Balaban J connectivity index is 2.31. The Labute approximate surface area is 151 Å². The minimum absolute atomic E-state index is 0.0292.